The van der Waals surface area contributed by atoms with Crippen molar-refractivity contribution in [2.75, 3.05) is 14.2 Å². The largest absolute Gasteiger partial charge is 0.476 e. The third kappa shape index (κ3) is 5.29. The lowest BCUT2D eigenvalue weighted by atomic mass is 10.1. The molecule has 0 aliphatic carbocycles. The van der Waals surface area contributed by atoms with Gasteiger partial charge in [-0.2, -0.15) is 0 Å². The predicted octanol–water partition coefficient (Wildman–Crippen LogP) is 3.41. The minimum atomic E-state index is -0.945. The first-order valence-corrected chi connectivity index (χ1v) is 10.1. The molecule has 1 aliphatic rings. The van der Waals surface area contributed by atoms with Crippen molar-refractivity contribution in [2.45, 2.75) is 19.6 Å². The number of hydrogen-bond donors (Lipinski definition) is 1. The molecule has 2 heterocycles. The molecule has 174 valence electrons. The Hall–Kier alpha value is -3.50. The molecule has 3 rings (SSSR count). The normalized spacial score (nSPS) is 15.4. The summed E-state index contributed by atoms with van der Waals surface area (Å²) in [5.74, 6) is -1.68. The molecule has 10 nitrogen and oxygen atoms in total. The molecule has 1 aromatic heterocycles. The lowest BCUT2D eigenvalue weighted by Gasteiger charge is -2.15. The van der Waals surface area contributed by atoms with Crippen LogP contribution in [-0.2, 0) is 25.6 Å². The van der Waals surface area contributed by atoms with E-state index in [1.54, 1.807) is 0 Å². The number of methoxy groups -OCH3 is 2. The number of benzene rings is 1. The Morgan fingerprint density at radius 1 is 1.15 bits per heavy atom. The van der Waals surface area contributed by atoms with Crippen molar-refractivity contribution in [3.05, 3.63) is 57.1 Å². The lowest BCUT2D eigenvalue weighted by molar-refractivity contribution is -0.147. The van der Waals surface area contributed by atoms with Crippen LogP contribution in [0.4, 0.5) is 4.79 Å². The molecule has 1 aliphatic heterocycles. The fourth-order valence-electron chi connectivity index (χ4n) is 2.88. The molecule has 2 aromatic rings. The highest BCUT2D eigenvalue weighted by molar-refractivity contribution is 6.37. The van der Waals surface area contributed by atoms with Gasteiger partial charge >= 0.3 is 18.0 Å². The first-order valence-electron chi connectivity index (χ1n) is 9.39. The van der Waals surface area contributed by atoms with Crippen molar-refractivity contribution in [3.8, 4) is 5.75 Å². The van der Waals surface area contributed by atoms with E-state index in [4.69, 9.17) is 32.4 Å². The third-order valence-electron chi connectivity index (χ3n) is 4.48. The molecule has 0 saturated carbocycles. The maximum Gasteiger partial charge on any atom is 0.373 e. The Kier molecular flexibility index (Phi) is 7.29. The number of ether oxygens (including phenoxy) is 3. The van der Waals surface area contributed by atoms with E-state index in [0.717, 1.165) is 4.90 Å². The first-order chi connectivity index (χ1) is 15.6. The van der Waals surface area contributed by atoms with Crippen LogP contribution in [0.2, 0.25) is 10.0 Å². The summed E-state index contributed by atoms with van der Waals surface area (Å²) >= 11 is 12.5. The van der Waals surface area contributed by atoms with Gasteiger partial charge in [-0.1, -0.05) is 23.2 Å². The number of esters is 2. The summed E-state index contributed by atoms with van der Waals surface area (Å²) in [7, 11) is 2.43. The van der Waals surface area contributed by atoms with E-state index in [0.29, 0.717) is 5.56 Å². The fourth-order valence-corrected chi connectivity index (χ4v) is 3.47. The van der Waals surface area contributed by atoms with Gasteiger partial charge in [0, 0.05) is 0 Å². The molecule has 3 amide bonds. The van der Waals surface area contributed by atoms with E-state index in [2.05, 4.69) is 14.8 Å². The summed E-state index contributed by atoms with van der Waals surface area (Å²) in [6, 6.07) is 5.08. The van der Waals surface area contributed by atoms with Crippen LogP contribution >= 0.6 is 23.2 Å². The Labute approximate surface area is 198 Å². The monoisotopic (exact) mass is 496 g/mol. The zero-order chi connectivity index (χ0) is 24.3. The van der Waals surface area contributed by atoms with E-state index in [1.807, 2.05) is 0 Å². The second kappa shape index (κ2) is 9.97. The average molecular weight is 497 g/mol. The van der Waals surface area contributed by atoms with Gasteiger partial charge in [0.15, 0.2) is 11.9 Å². The van der Waals surface area contributed by atoms with Gasteiger partial charge in [0.05, 0.1) is 30.8 Å². The quantitative estimate of drug-likeness (QED) is 0.351. The molecule has 33 heavy (non-hydrogen) atoms. The Balaban J connectivity index is 1.78. The van der Waals surface area contributed by atoms with Crippen molar-refractivity contribution in [1.82, 2.24) is 10.2 Å². The lowest BCUT2D eigenvalue weighted by Crippen LogP contribution is -2.30. The van der Waals surface area contributed by atoms with Crippen molar-refractivity contribution in [3.63, 3.8) is 0 Å². The summed E-state index contributed by atoms with van der Waals surface area (Å²) < 4.78 is 19.9. The van der Waals surface area contributed by atoms with Crippen LogP contribution in [0.15, 0.2) is 34.4 Å². The van der Waals surface area contributed by atoms with Crippen LogP contribution in [0.3, 0.4) is 0 Å². The molecule has 1 aromatic carbocycles. The number of carbonyl (C=O) groups is 4. The SMILES string of the molecule is COC(=O)c1ccc(CN2C(=O)NC(=Cc3cc(Cl)c(OC(C)C(=O)OC)c(Cl)c3)C2=O)o1. The molecule has 1 atom stereocenters. The molecule has 1 N–H and O–H groups in total. The van der Waals surface area contributed by atoms with Crippen LogP contribution in [0.25, 0.3) is 6.08 Å². The number of amides is 3. The summed E-state index contributed by atoms with van der Waals surface area (Å²) in [5, 5.41) is 2.63. The van der Waals surface area contributed by atoms with Gasteiger partial charge in [-0.05, 0) is 42.8 Å². The van der Waals surface area contributed by atoms with E-state index in [-0.39, 0.29) is 39.6 Å². The summed E-state index contributed by atoms with van der Waals surface area (Å²) in [4.78, 5) is 49.0. The number of hydrogen-bond acceptors (Lipinski definition) is 8. The zero-order valence-electron chi connectivity index (χ0n) is 17.6. The molecule has 1 saturated heterocycles. The van der Waals surface area contributed by atoms with Gasteiger partial charge in [-0.25, -0.2) is 14.4 Å². The van der Waals surface area contributed by atoms with Gasteiger partial charge in [-0.3, -0.25) is 9.69 Å². The van der Waals surface area contributed by atoms with E-state index in [9.17, 15) is 19.2 Å². The number of nitrogens with zero attached hydrogens (tertiary/aromatic N) is 1. The number of urea groups is 1. The highest BCUT2D eigenvalue weighted by Crippen LogP contribution is 2.36. The molecular weight excluding hydrogens is 479 g/mol. The number of rotatable bonds is 7. The maximum absolute atomic E-state index is 12.7. The van der Waals surface area contributed by atoms with Gasteiger partial charge in [0.1, 0.15) is 11.5 Å². The van der Waals surface area contributed by atoms with Crippen LogP contribution in [0.1, 0.15) is 28.8 Å². The van der Waals surface area contributed by atoms with Crippen LogP contribution in [0, 0.1) is 0 Å². The van der Waals surface area contributed by atoms with Crippen molar-refractivity contribution >= 4 is 53.2 Å². The minimum absolute atomic E-state index is 0.0246. The Morgan fingerprint density at radius 2 is 1.82 bits per heavy atom. The second-order valence-electron chi connectivity index (χ2n) is 6.73. The smallest absolute Gasteiger partial charge is 0.373 e. The fraction of sp³-hybridized carbons (Fsp3) is 0.238. The van der Waals surface area contributed by atoms with Crippen molar-refractivity contribution in [2.24, 2.45) is 0 Å². The molecule has 0 radical (unpaired) electrons. The Bertz CT molecular complexity index is 1130. The van der Waals surface area contributed by atoms with Crippen LogP contribution in [-0.4, -0.2) is 49.1 Å². The second-order valence-corrected chi connectivity index (χ2v) is 7.55. The molecule has 12 heteroatoms. The maximum atomic E-state index is 12.7. The summed E-state index contributed by atoms with van der Waals surface area (Å²) in [5.41, 5.74) is 0.378. The predicted molar refractivity (Wildman–Crippen MR) is 116 cm³/mol. The van der Waals surface area contributed by atoms with Gasteiger partial charge in [-0.15, -0.1) is 0 Å². The van der Waals surface area contributed by atoms with Gasteiger partial charge in [0.25, 0.3) is 5.91 Å². The highest BCUT2D eigenvalue weighted by atomic mass is 35.5. The standard InChI is InChI=1S/C21H18Cl2N2O8/c1-10(19(27)30-2)32-17-13(22)6-11(7-14(17)23)8-15-18(26)25(21(29)24-15)9-12-4-5-16(33-12)20(28)31-3/h4-8,10H,9H2,1-3H3,(H,24,29). The summed E-state index contributed by atoms with van der Waals surface area (Å²) in [6.07, 6.45) is 0.438. The molecule has 0 bridgehead atoms. The third-order valence-corrected chi connectivity index (χ3v) is 5.05. The number of nitrogens with one attached hydrogen (secondary N) is 1. The van der Waals surface area contributed by atoms with Crippen LogP contribution < -0.4 is 10.1 Å². The van der Waals surface area contributed by atoms with E-state index < -0.39 is 30.0 Å². The van der Waals surface area contributed by atoms with Gasteiger partial charge in [0.2, 0.25) is 5.76 Å². The topological polar surface area (TPSA) is 124 Å². The van der Waals surface area contributed by atoms with E-state index >= 15 is 0 Å². The number of furan rings is 1. The molecular formula is C21H18Cl2N2O8. The van der Waals surface area contributed by atoms with E-state index in [1.165, 1.54) is 51.5 Å². The number of halogens is 2. The molecule has 1 fully saturated rings. The number of imide groups is 1. The zero-order valence-corrected chi connectivity index (χ0v) is 19.2. The van der Waals surface area contributed by atoms with Crippen molar-refractivity contribution < 1.29 is 37.8 Å². The molecule has 1 unspecified atom stereocenters. The first kappa shape index (κ1) is 24.1. The van der Waals surface area contributed by atoms with Crippen molar-refractivity contribution in [1.29, 1.82) is 0 Å². The molecule has 0 spiro atoms. The summed E-state index contributed by atoms with van der Waals surface area (Å²) in [6.45, 7) is 1.28. The Morgan fingerprint density at radius 3 is 2.42 bits per heavy atom. The highest BCUT2D eigenvalue weighted by Gasteiger charge is 2.34. The average Bonchev–Trinajstić information content (AvgIpc) is 3.35. The minimum Gasteiger partial charge on any atom is -0.476 e. The van der Waals surface area contributed by atoms with Gasteiger partial charge < -0.3 is 23.9 Å². The van der Waals surface area contributed by atoms with Crippen LogP contribution in [0.5, 0.6) is 5.75 Å². The number of carbonyl (C=O) groups excluding carboxylic acids is 4.